The third-order valence-corrected chi connectivity index (χ3v) is 2.93. The predicted octanol–water partition coefficient (Wildman–Crippen LogP) is 0.622. The van der Waals surface area contributed by atoms with E-state index in [4.69, 9.17) is 28.9 Å². The second kappa shape index (κ2) is 4.46. The molecule has 0 aliphatic carbocycles. The highest BCUT2D eigenvalue weighted by molar-refractivity contribution is 6.34. The molecule has 17 heavy (non-hydrogen) atoms. The Labute approximate surface area is 107 Å². The van der Waals surface area contributed by atoms with Gasteiger partial charge in [0.2, 0.25) is 17.1 Å². The van der Waals surface area contributed by atoms with Crippen LogP contribution < -0.4 is 10.6 Å². The molecule has 0 radical (unpaired) electrons. The van der Waals surface area contributed by atoms with E-state index >= 15 is 0 Å². The zero-order valence-electron chi connectivity index (χ0n) is 8.56. The van der Waals surface area contributed by atoms with E-state index in [-0.39, 0.29) is 35.0 Å². The summed E-state index contributed by atoms with van der Waals surface area (Å²) >= 11 is 11.5. The summed E-state index contributed by atoms with van der Waals surface area (Å²) in [4.78, 5) is 31.6. The zero-order chi connectivity index (χ0) is 12.6. The molecule has 1 fully saturated rings. The highest BCUT2D eigenvalue weighted by Crippen LogP contribution is 2.29. The van der Waals surface area contributed by atoms with E-state index < -0.39 is 11.8 Å². The average molecular weight is 275 g/mol. The summed E-state index contributed by atoms with van der Waals surface area (Å²) in [5.41, 5.74) is 5.16. The molecular weight excluding hydrogens is 267 g/mol. The van der Waals surface area contributed by atoms with Gasteiger partial charge in [-0.2, -0.15) is 4.98 Å². The lowest BCUT2D eigenvalue weighted by Gasteiger charge is -2.15. The van der Waals surface area contributed by atoms with Gasteiger partial charge >= 0.3 is 0 Å². The summed E-state index contributed by atoms with van der Waals surface area (Å²) in [5.74, 6) is -1.09. The molecule has 0 saturated carbocycles. The maximum Gasteiger partial charge on any atom is 0.229 e. The first kappa shape index (κ1) is 12.1. The average Bonchev–Trinajstić information content (AvgIpc) is 2.64. The lowest BCUT2D eigenvalue weighted by atomic mass is 10.1. The summed E-state index contributed by atoms with van der Waals surface area (Å²) in [5, 5.41) is 0.188. The van der Waals surface area contributed by atoms with Crippen LogP contribution in [0, 0.1) is 5.92 Å². The fourth-order valence-corrected chi connectivity index (χ4v) is 1.95. The third kappa shape index (κ3) is 2.32. The summed E-state index contributed by atoms with van der Waals surface area (Å²) in [6.45, 7) is 0.168. The Morgan fingerprint density at radius 3 is 2.82 bits per heavy atom. The minimum absolute atomic E-state index is 0.0141. The van der Waals surface area contributed by atoms with E-state index in [1.807, 2.05) is 0 Å². The van der Waals surface area contributed by atoms with Crippen LogP contribution in [0.25, 0.3) is 0 Å². The van der Waals surface area contributed by atoms with Gasteiger partial charge in [0, 0.05) is 13.0 Å². The lowest BCUT2D eigenvalue weighted by Crippen LogP contribution is -2.29. The first-order valence-electron chi connectivity index (χ1n) is 4.76. The quantitative estimate of drug-likeness (QED) is 0.801. The number of hydrogen-bond donors (Lipinski definition) is 1. The highest BCUT2D eigenvalue weighted by Gasteiger charge is 2.35. The van der Waals surface area contributed by atoms with Crippen LogP contribution >= 0.6 is 23.2 Å². The van der Waals surface area contributed by atoms with Crippen LogP contribution in [0.15, 0.2) is 6.20 Å². The van der Waals surface area contributed by atoms with Crippen LogP contribution in [0.1, 0.15) is 6.42 Å². The van der Waals surface area contributed by atoms with Gasteiger partial charge in [0.25, 0.3) is 0 Å². The number of amides is 2. The smallest absolute Gasteiger partial charge is 0.229 e. The van der Waals surface area contributed by atoms with Gasteiger partial charge in [-0.3, -0.25) is 14.5 Å². The molecule has 6 nitrogen and oxygen atoms in total. The van der Waals surface area contributed by atoms with Crippen molar-refractivity contribution in [3.63, 3.8) is 0 Å². The largest absolute Gasteiger partial charge is 0.369 e. The Hall–Kier alpha value is -1.40. The molecule has 0 spiro atoms. The van der Waals surface area contributed by atoms with Crippen molar-refractivity contribution in [1.82, 2.24) is 9.97 Å². The van der Waals surface area contributed by atoms with Gasteiger partial charge in [0.15, 0.2) is 5.82 Å². The fraction of sp³-hybridized carbons (Fsp3) is 0.333. The maximum absolute atomic E-state index is 11.7. The lowest BCUT2D eigenvalue weighted by molar-refractivity contribution is -0.123. The molecule has 1 unspecified atom stereocenters. The van der Waals surface area contributed by atoms with E-state index in [2.05, 4.69) is 9.97 Å². The van der Waals surface area contributed by atoms with Crippen molar-refractivity contribution in [1.29, 1.82) is 0 Å². The molecule has 8 heteroatoms. The normalized spacial score (nSPS) is 19.8. The molecule has 1 saturated heterocycles. The van der Waals surface area contributed by atoms with Crippen molar-refractivity contribution in [2.45, 2.75) is 6.42 Å². The number of halogens is 2. The molecule has 1 aromatic heterocycles. The van der Waals surface area contributed by atoms with E-state index in [1.165, 1.54) is 11.1 Å². The number of carbonyl (C=O) groups is 2. The van der Waals surface area contributed by atoms with Crippen LogP contribution in [-0.4, -0.2) is 28.3 Å². The molecule has 2 rings (SSSR count). The molecule has 2 heterocycles. The molecule has 2 amide bonds. The summed E-state index contributed by atoms with van der Waals surface area (Å²) < 4.78 is 0. The van der Waals surface area contributed by atoms with Crippen molar-refractivity contribution in [2.24, 2.45) is 11.7 Å². The van der Waals surface area contributed by atoms with E-state index in [1.54, 1.807) is 0 Å². The van der Waals surface area contributed by atoms with Crippen LogP contribution in [-0.2, 0) is 9.59 Å². The van der Waals surface area contributed by atoms with Gasteiger partial charge in [-0.15, -0.1) is 0 Å². The minimum atomic E-state index is -0.521. The summed E-state index contributed by atoms with van der Waals surface area (Å²) in [6.07, 6.45) is 1.37. The Morgan fingerprint density at radius 1 is 1.53 bits per heavy atom. The molecule has 1 atom stereocenters. The molecular formula is C9H8Cl2N4O2. The minimum Gasteiger partial charge on any atom is -0.369 e. The van der Waals surface area contributed by atoms with Gasteiger partial charge in [-0.05, 0) is 11.6 Å². The van der Waals surface area contributed by atoms with Crippen LogP contribution in [0.3, 0.4) is 0 Å². The van der Waals surface area contributed by atoms with Crippen molar-refractivity contribution in [3.05, 3.63) is 16.5 Å². The Kier molecular flexibility index (Phi) is 3.17. The van der Waals surface area contributed by atoms with Crippen molar-refractivity contribution >= 4 is 40.8 Å². The van der Waals surface area contributed by atoms with E-state index in [0.717, 1.165) is 0 Å². The van der Waals surface area contributed by atoms with Gasteiger partial charge in [-0.25, -0.2) is 4.98 Å². The number of anilines is 1. The van der Waals surface area contributed by atoms with Crippen molar-refractivity contribution < 1.29 is 9.59 Å². The zero-order valence-corrected chi connectivity index (χ0v) is 10.1. The topological polar surface area (TPSA) is 89.2 Å². The molecule has 2 N–H and O–H groups in total. The number of hydrogen-bond acceptors (Lipinski definition) is 4. The number of carbonyl (C=O) groups excluding carboxylic acids is 2. The molecule has 0 aromatic carbocycles. The standard InChI is InChI=1S/C9H8Cl2N4O2/c10-5-2-13-9(11)14-8(5)15-3-4(7(12)17)1-6(15)16/h2,4H,1,3H2,(H2,12,17). The SMILES string of the molecule is NC(=O)C1CC(=O)N(c2nc(Cl)ncc2Cl)C1. The number of nitrogens with zero attached hydrogens (tertiary/aromatic N) is 3. The molecule has 1 aliphatic rings. The van der Waals surface area contributed by atoms with Gasteiger partial charge < -0.3 is 5.73 Å². The predicted molar refractivity (Wildman–Crippen MR) is 61.7 cm³/mol. The van der Waals surface area contributed by atoms with Gasteiger partial charge in [0.05, 0.1) is 12.1 Å². The van der Waals surface area contributed by atoms with E-state index in [9.17, 15) is 9.59 Å². The third-order valence-electron chi connectivity index (χ3n) is 2.48. The first-order chi connectivity index (χ1) is 7.99. The number of primary amides is 1. The number of nitrogens with two attached hydrogens (primary N) is 1. The monoisotopic (exact) mass is 274 g/mol. The maximum atomic E-state index is 11.7. The van der Waals surface area contributed by atoms with Crippen molar-refractivity contribution in [3.8, 4) is 0 Å². The molecule has 90 valence electrons. The second-order valence-electron chi connectivity index (χ2n) is 3.62. The second-order valence-corrected chi connectivity index (χ2v) is 4.36. The highest BCUT2D eigenvalue weighted by atomic mass is 35.5. The van der Waals surface area contributed by atoms with Gasteiger partial charge in [-0.1, -0.05) is 11.6 Å². The van der Waals surface area contributed by atoms with Crippen LogP contribution in [0.5, 0.6) is 0 Å². The number of rotatable bonds is 2. The van der Waals surface area contributed by atoms with E-state index in [0.29, 0.717) is 0 Å². The number of aromatic nitrogens is 2. The summed E-state index contributed by atoms with van der Waals surface area (Å²) in [6, 6.07) is 0. The molecule has 1 aromatic rings. The summed E-state index contributed by atoms with van der Waals surface area (Å²) in [7, 11) is 0. The Morgan fingerprint density at radius 2 is 2.24 bits per heavy atom. The first-order valence-corrected chi connectivity index (χ1v) is 5.52. The Bertz CT molecular complexity index is 494. The molecule has 1 aliphatic heterocycles. The van der Waals surface area contributed by atoms with Gasteiger partial charge in [0.1, 0.15) is 5.02 Å². The fourth-order valence-electron chi connectivity index (χ4n) is 1.63. The Balaban J connectivity index is 2.32. The van der Waals surface area contributed by atoms with Crippen LogP contribution in [0.2, 0.25) is 10.3 Å². The molecule has 0 bridgehead atoms. The van der Waals surface area contributed by atoms with Crippen LogP contribution in [0.4, 0.5) is 5.82 Å². The van der Waals surface area contributed by atoms with Crippen molar-refractivity contribution in [2.75, 3.05) is 11.4 Å².